The summed E-state index contributed by atoms with van der Waals surface area (Å²) < 4.78 is 0. The first-order chi connectivity index (χ1) is 9.70. The number of piperidine rings is 1. The van der Waals surface area contributed by atoms with Gasteiger partial charge in [0.2, 0.25) is 0 Å². The molecule has 20 heavy (non-hydrogen) atoms. The summed E-state index contributed by atoms with van der Waals surface area (Å²) in [4.78, 5) is 4.95. The lowest BCUT2D eigenvalue weighted by Crippen LogP contribution is -2.36. The highest BCUT2D eigenvalue weighted by Crippen LogP contribution is 2.22. The number of nitrogens with zero attached hydrogens (tertiary/aromatic N) is 2. The van der Waals surface area contributed by atoms with Crippen LogP contribution in [0, 0.1) is 5.92 Å². The smallest absolute Gasteiger partial charge is 0.0233 e. The van der Waals surface area contributed by atoms with Crippen LogP contribution in [0.5, 0.6) is 0 Å². The molecule has 1 saturated heterocycles. The van der Waals surface area contributed by atoms with Crippen molar-refractivity contribution in [2.45, 2.75) is 32.5 Å². The van der Waals surface area contributed by atoms with E-state index in [4.69, 9.17) is 0 Å². The first kappa shape index (κ1) is 14.1. The normalized spacial score (nSPS) is 20.6. The third-order valence-electron chi connectivity index (χ3n) is 4.64. The fraction of sp³-hybridized carbons (Fsp3) is 0.647. The molecule has 2 heterocycles. The fourth-order valence-electron chi connectivity index (χ4n) is 3.55. The zero-order valence-corrected chi connectivity index (χ0v) is 12.9. The van der Waals surface area contributed by atoms with Crippen molar-refractivity contribution in [2.75, 3.05) is 33.7 Å². The molecular formula is C17H27N3. The van der Waals surface area contributed by atoms with Gasteiger partial charge in [0.15, 0.2) is 0 Å². The molecule has 2 aliphatic rings. The van der Waals surface area contributed by atoms with Gasteiger partial charge in [-0.25, -0.2) is 0 Å². The molecule has 0 aliphatic carbocycles. The molecule has 110 valence electrons. The lowest BCUT2D eigenvalue weighted by Gasteiger charge is -2.33. The Bertz CT molecular complexity index is 448. The molecule has 0 spiro atoms. The van der Waals surface area contributed by atoms with Gasteiger partial charge in [-0.3, -0.25) is 4.90 Å². The summed E-state index contributed by atoms with van der Waals surface area (Å²) in [5, 5.41) is 3.42. The van der Waals surface area contributed by atoms with E-state index in [1.165, 1.54) is 49.2 Å². The quantitative estimate of drug-likeness (QED) is 0.906. The average molecular weight is 273 g/mol. The van der Waals surface area contributed by atoms with Crippen LogP contribution in [0.25, 0.3) is 0 Å². The number of nitrogens with one attached hydrogen (secondary N) is 1. The van der Waals surface area contributed by atoms with E-state index in [-0.39, 0.29) is 0 Å². The van der Waals surface area contributed by atoms with Crippen molar-refractivity contribution in [1.29, 1.82) is 0 Å². The molecule has 1 aromatic rings. The standard InChI is InChI=1S/C17H27N3/c1-19(2)12-14-5-7-20(8-6-14)13-15-3-4-16-10-18-11-17(16)9-15/h3-4,9,14,18H,5-8,10-13H2,1-2H3. The first-order valence-corrected chi connectivity index (χ1v) is 7.89. The number of likely N-dealkylation sites (tertiary alicyclic amines) is 1. The summed E-state index contributed by atoms with van der Waals surface area (Å²) in [5.41, 5.74) is 4.47. The van der Waals surface area contributed by atoms with Gasteiger partial charge in [-0.15, -0.1) is 0 Å². The van der Waals surface area contributed by atoms with Crippen molar-refractivity contribution in [3.8, 4) is 0 Å². The number of hydrogen-bond donors (Lipinski definition) is 1. The zero-order chi connectivity index (χ0) is 13.9. The molecule has 0 bridgehead atoms. The number of rotatable bonds is 4. The Labute approximate surface area is 123 Å². The molecule has 1 fully saturated rings. The largest absolute Gasteiger partial charge is 0.309 e. The van der Waals surface area contributed by atoms with Crippen LogP contribution in [-0.2, 0) is 19.6 Å². The van der Waals surface area contributed by atoms with Crippen LogP contribution in [0.3, 0.4) is 0 Å². The maximum absolute atomic E-state index is 3.42. The van der Waals surface area contributed by atoms with E-state index >= 15 is 0 Å². The topological polar surface area (TPSA) is 18.5 Å². The lowest BCUT2D eigenvalue weighted by atomic mass is 9.96. The predicted octanol–water partition coefficient (Wildman–Crippen LogP) is 2.06. The molecule has 1 aromatic carbocycles. The Morgan fingerprint density at radius 1 is 1.15 bits per heavy atom. The molecule has 3 nitrogen and oxygen atoms in total. The van der Waals surface area contributed by atoms with Gasteiger partial charge in [0, 0.05) is 26.2 Å². The fourth-order valence-corrected chi connectivity index (χ4v) is 3.55. The Morgan fingerprint density at radius 3 is 2.65 bits per heavy atom. The summed E-state index contributed by atoms with van der Waals surface area (Å²) in [7, 11) is 4.37. The lowest BCUT2D eigenvalue weighted by molar-refractivity contribution is 0.157. The maximum Gasteiger partial charge on any atom is 0.0233 e. The summed E-state index contributed by atoms with van der Waals surface area (Å²) in [6, 6.07) is 7.03. The predicted molar refractivity (Wildman–Crippen MR) is 83.5 cm³/mol. The minimum absolute atomic E-state index is 0.894. The second-order valence-corrected chi connectivity index (χ2v) is 6.69. The Balaban J connectivity index is 1.52. The molecule has 0 unspecified atom stereocenters. The Hall–Kier alpha value is -0.900. The van der Waals surface area contributed by atoms with Crippen LogP contribution in [0.4, 0.5) is 0 Å². The molecule has 0 aromatic heterocycles. The third-order valence-corrected chi connectivity index (χ3v) is 4.64. The van der Waals surface area contributed by atoms with E-state index in [0.29, 0.717) is 0 Å². The molecular weight excluding hydrogens is 246 g/mol. The highest BCUT2D eigenvalue weighted by atomic mass is 15.1. The third kappa shape index (κ3) is 3.40. The van der Waals surface area contributed by atoms with E-state index in [1.807, 2.05) is 0 Å². The number of fused-ring (bicyclic) bond motifs is 1. The number of hydrogen-bond acceptors (Lipinski definition) is 3. The van der Waals surface area contributed by atoms with Crippen LogP contribution in [0.15, 0.2) is 18.2 Å². The van der Waals surface area contributed by atoms with Gasteiger partial charge in [0.05, 0.1) is 0 Å². The minimum atomic E-state index is 0.894. The van der Waals surface area contributed by atoms with Crippen LogP contribution in [0.1, 0.15) is 29.5 Å². The summed E-state index contributed by atoms with van der Waals surface area (Å²) >= 11 is 0. The number of benzene rings is 1. The first-order valence-electron chi connectivity index (χ1n) is 7.89. The highest BCUT2D eigenvalue weighted by Gasteiger charge is 2.20. The molecule has 1 N–H and O–H groups in total. The van der Waals surface area contributed by atoms with Crippen molar-refractivity contribution >= 4 is 0 Å². The second kappa shape index (κ2) is 6.25. The van der Waals surface area contributed by atoms with Crippen LogP contribution in [-0.4, -0.2) is 43.5 Å². The Morgan fingerprint density at radius 2 is 1.90 bits per heavy atom. The van der Waals surface area contributed by atoms with Crippen molar-refractivity contribution < 1.29 is 0 Å². The maximum atomic E-state index is 3.42. The van der Waals surface area contributed by atoms with Gasteiger partial charge in [-0.2, -0.15) is 0 Å². The van der Waals surface area contributed by atoms with Crippen molar-refractivity contribution in [1.82, 2.24) is 15.1 Å². The SMILES string of the molecule is CN(C)CC1CCN(Cc2ccc3c(c2)CNC3)CC1. The van der Waals surface area contributed by atoms with Crippen LogP contribution < -0.4 is 5.32 Å². The highest BCUT2D eigenvalue weighted by molar-refractivity contribution is 5.34. The molecule has 0 radical (unpaired) electrons. The molecule has 0 amide bonds. The van der Waals surface area contributed by atoms with E-state index in [9.17, 15) is 0 Å². The summed E-state index contributed by atoms with van der Waals surface area (Å²) in [5.74, 6) is 0.894. The average Bonchev–Trinajstić information content (AvgIpc) is 2.88. The Kier molecular flexibility index (Phi) is 4.39. The van der Waals surface area contributed by atoms with Crippen molar-refractivity contribution in [3.63, 3.8) is 0 Å². The summed E-state index contributed by atoms with van der Waals surface area (Å²) in [6.45, 7) is 6.99. The van der Waals surface area contributed by atoms with Gasteiger partial charge in [-0.05, 0) is 62.6 Å². The monoisotopic (exact) mass is 273 g/mol. The van der Waals surface area contributed by atoms with E-state index in [1.54, 1.807) is 0 Å². The van der Waals surface area contributed by atoms with E-state index in [0.717, 1.165) is 25.6 Å². The van der Waals surface area contributed by atoms with Gasteiger partial charge < -0.3 is 10.2 Å². The van der Waals surface area contributed by atoms with Gasteiger partial charge in [0.1, 0.15) is 0 Å². The van der Waals surface area contributed by atoms with Crippen LogP contribution in [0.2, 0.25) is 0 Å². The van der Waals surface area contributed by atoms with E-state index in [2.05, 4.69) is 47.4 Å². The molecule has 2 aliphatic heterocycles. The second-order valence-electron chi connectivity index (χ2n) is 6.69. The summed E-state index contributed by atoms with van der Waals surface area (Å²) in [6.07, 6.45) is 2.70. The molecule has 0 atom stereocenters. The van der Waals surface area contributed by atoms with E-state index < -0.39 is 0 Å². The van der Waals surface area contributed by atoms with Crippen LogP contribution >= 0.6 is 0 Å². The molecule has 3 rings (SSSR count). The van der Waals surface area contributed by atoms with Crippen molar-refractivity contribution in [2.24, 2.45) is 5.92 Å². The van der Waals surface area contributed by atoms with Crippen molar-refractivity contribution in [3.05, 3.63) is 34.9 Å². The molecule has 3 heteroatoms. The van der Waals surface area contributed by atoms with Gasteiger partial charge in [0.25, 0.3) is 0 Å². The van der Waals surface area contributed by atoms with Gasteiger partial charge >= 0.3 is 0 Å². The van der Waals surface area contributed by atoms with Gasteiger partial charge in [-0.1, -0.05) is 18.2 Å². The molecule has 0 saturated carbocycles. The minimum Gasteiger partial charge on any atom is -0.309 e. The zero-order valence-electron chi connectivity index (χ0n) is 12.9.